The Labute approximate surface area is 121 Å². The summed E-state index contributed by atoms with van der Waals surface area (Å²) in [5.74, 6) is 0.631. The summed E-state index contributed by atoms with van der Waals surface area (Å²) < 4.78 is 16.4. The molecule has 0 radical (unpaired) electrons. The molecule has 0 saturated carbocycles. The maximum atomic E-state index is 11.5. The number of ether oxygens (including phenoxy) is 3. The topological polar surface area (TPSA) is 65.0 Å². The summed E-state index contributed by atoms with van der Waals surface area (Å²) in [6, 6.07) is 10.6. The van der Waals surface area contributed by atoms with Gasteiger partial charge in [0.05, 0.1) is 19.8 Å². The molecule has 1 heterocycles. The highest BCUT2D eigenvalue weighted by Crippen LogP contribution is 2.50. The summed E-state index contributed by atoms with van der Waals surface area (Å²) in [4.78, 5) is 11.5. The molecule has 3 rings (SSSR count). The summed E-state index contributed by atoms with van der Waals surface area (Å²) in [7, 11) is 3.12. The number of aliphatic carboxylic acids is 1. The highest BCUT2D eigenvalue weighted by Gasteiger charge is 2.34. The molecule has 2 aromatic carbocycles. The van der Waals surface area contributed by atoms with E-state index in [9.17, 15) is 9.90 Å². The SMILES string of the molecule is COc1cccc2c1-c1c(OC)cccc1C(C(=O)O)O2. The van der Waals surface area contributed by atoms with Crippen LogP contribution in [0.25, 0.3) is 11.1 Å². The van der Waals surface area contributed by atoms with Gasteiger partial charge in [0.15, 0.2) is 0 Å². The number of rotatable bonds is 3. The van der Waals surface area contributed by atoms with Crippen molar-refractivity contribution < 1.29 is 24.1 Å². The lowest BCUT2D eigenvalue weighted by molar-refractivity contribution is -0.145. The molecule has 108 valence electrons. The maximum Gasteiger partial charge on any atom is 0.349 e. The Balaban J connectivity index is 2.35. The molecule has 0 fully saturated rings. The van der Waals surface area contributed by atoms with Crippen LogP contribution in [-0.2, 0) is 4.79 Å². The second-order valence-electron chi connectivity index (χ2n) is 4.59. The van der Waals surface area contributed by atoms with Gasteiger partial charge in [-0.05, 0) is 18.2 Å². The molecular weight excluding hydrogens is 272 g/mol. The van der Waals surface area contributed by atoms with Gasteiger partial charge in [-0.3, -0.25) is 0 Å². The normalized spacial score (nSPS) is 15.4. The van der Waals surface area contributed by atoms with Gasteiger partial charge in [0.25, 0.3) is 0 Å². The average molecular weight is 286 g/mol. The number of carboxylic acid groups (broad SMARTS) is 1. The van der Waals surface area contributed by atoms with Gasteiger partial charge < -0.3 is 19.3 Å². The lowest BCUT2D eigenvalue weighted by atomic mass is 9.91. The Morgan fingerprint density at radius 2 is 1.67 bits per heavy atom. The van der Waals surface area contributed by atoms with Crippen LogP contribution in [0.1, 0.15) is 11.7 Å². The lowest BCUT2D eigenvalue weighted by Gasteiger charge is -2.28. The van der Waals surface area contributed by atoms with Crippen LogP contribution in [0, 0.1) is 0 Å². The number of carbonyl (C=O) groups is 1. The zero-order valence-electron chi connectivity index (χ0n) is 11.6. The molecule has 0 aromatic heterocycles. The van der Waals surface area contributed by atoms with E-state index in [4.69, 9.17) is 14.2 Å². The van der Waals surface area contributed by atoms with Crippen molar-refractivity contribution in [2.45, 2.75) is 6.10 Å². The van der Waals surface area contributed by atoms with Crippen molar-refractivity contribution in [2.24, 2.45) is 0 Å². The Kier molecular flexibility index (Phi) is 3.17. The van der Waals surface area contributed by atoms with E-state index in [1.807, 2.05) is 0 Å². The first kappa shape index (κ1) is 13.3. The minimum Gasteiger partial charge on any atom is -0.496 e. The molecule has 0 bridgehead atoms. The van der Waals surface area contributed by atoms with Crippen LogP contribution in [0.5, 0.6) is 17.2 Å². The van der Waals surface area contributed by atoms with E-state index < -0.39 is 12.1 Å². The third-order valence-corrected chi connectivity index (χ3v) is 3.49. The van der Waals surface area contributed by atoms with Crippen LogP contribution in [0.2, 0.25) is 0 Å². The van der Waals surface area contributed by atoms with Crippen LogP contribution in [0.15, 0.2) is 36.4 Å². The quantitative estimate of drug-likeness (QED) is 0.939. The van der Waals surface area contributed by atoms with Crippen LogP contribution in [-0.4, -0.2) is 25.3 Å². The van der Waals surface area contributed by atoms with Crippen LogP contribution in [0.4, 0.5) is 0 Å². The summed E-state index contributed by atoms with van der Waals surface area (Å²) in [5, 5.41) is 9.40. The first-order valence-corrected chi connectivity index (χ1v) is 6.41. The van der Waals surface area contributed by atoms with Gasteiger partial charge >= 0.3 is 5.97 Å². The van der Waals surface area contributed by atoms with Gasteiger partial charge in [0.2, 0.25) is 6.10 Å². The van der Waals surface area contributed by atoms with E-state index in [2.05, 4.69) is 0 Å². The van der Waals surface area contributed by atoms with Crippen LogP contribution >= 0.6 is 0 Å². The lowest BCUT2D eigenvalue weighted by Crippen LogP contribution is -2.22. The summed E-state index contributed by atoms with van der Waals surface area (Å²) in [6.07, 6.45) is -1.06. The fourth-order valence-corrected chi connectivity index (χ4v) is 2.60. The van der Waals surface area contributed by atoms with Gasteiger partial charge in [-0.15, -0.1) is 0 Å². The van der Waals surface area contributed by atoms with E-state index >= 15 is 0 Å². The Morgan fingerprint density at radius 3 is 2.29 bits per heavy atom. The predicted octanol–water partition coefficient (Wildman–Crippen LogP) is 2.89. The van der Waals surface area contributed by atoms with E-state index in [1.54, 1.807) is 50.6 Å². The Bertz CT molecular complexity index is 708. The fourth-order valence-electron chi connectivity index (χ4n) is 2.60. The number of benzene rings is 2. The van der Waals surface area contributed by atoms with E-state index in [0.29, 0.717) is 33.9 Å². The first-order valence-electron chi connectivity index (χ1n) is 6.41. The van der Waals surface area contributed by atoms with Crippen molar-refractivity contribution in [3.05, 3.63) is 42.0 Å². The summed E-state index contributed by atoms with van der Waals surface area (Å²) in [6.45, 7) is 0. The van der Waals surface area contributed by atoms with Crippen molar-refractivity contribution >= 4 is 5.97 Å². The van der Waals surface area contributed by atoms with Crippen molar-refractivity contribution in [3.63, 3.8) is 0 Å². The molecule has 0 amide bonds. The molecular formula is C16H14O5. The van der Waals surface area contributed by atoms with Gasteiger partial charge in [-0.1, -0.05) is 18.2 Å². The highest BCUT2D eigenvalue weighted by molar-refractivity contribution is 5.90. The Hall–Kier alpha value is -2.69. The smallest absolute Gasteiger partial charge is 0.349 e. The van der Waals surface area contributed by atoms with Gasteiger partial charge in [-0.25, -0.2) is 4.79 Å². The molecule has 1 unspecified atom stereocenters. The largest absolute Gasteiger partial charge is 0.496 e. The van der Waals surface area contributed by atoms with Crippen LogP contribution < -0.4 is 14.2 Å². The summed E-state index contributed by atoms with van der Waals surface area (Å²) >= 11 is 0. The monoisotopic (exact) mass is 286 g/mol. The van der Waals surface area contributed by atoms with E-state index in [-0.39, 0.29) is 0 Å². The molecule has 0 spiro atoms. The number of hydrogen-bond donors (Lipinski definition) is 1. The van der Waals surface area contributed by atoms with Crippen molar-refractivity contribution in [1.29, 1.82) is 0 Å². The molecule has 0 saturated heterocycles. The second-order valence-corrected chi connectivity index (χ2v) is 4.59. The molecule has 1 N–H and O–H groups in total. The van der Waals surface area contributed by atoms with Crippen molar-refractivity contribution in [2.75, 3.05) is 14.2 Å². The number of fused-ring (bicyclic) bond motifs is 3. The zero-order valence-corrected chi connectivity index (χ0v) is 11.6. The number of carboxylic acids is 1. The molecule has 1 atom stereocenters. The van der Waals surface area contributed by atoms with Gasteiger partial charge in [0, 0.05) is 11.1 Å². The van der Waals surface area contributed by atoms with Crippen molar-refractivity contribution in [3.8, 4) is 28.4 Å². The minimum atomic E-state index is -1.06. The summed E-state index contributed by atoms with van der Waals surface area (Å²) in [5.41, 5.74) is 1.97. The number of hydrogen-bond acceptors (Lipinski definition) is 4. The molecule has 2 aromatic rings. The second kappa shape index (κ2) is 5.01. The van der Waals surface area contributed by atoms with E-state index in [0.717, 1.165) is 0 Å². The van der Waals surface area contributed by atoms with Gasteiger partial charge in [-0.2, -0.15) is 0 Å². The van der Waals surface area contributed by atoms with E-state index in [1.165, 1.54) is 0 Å². The van der Waals surface area contributed by atoms with Crippen LogP contribution in [0.3, 0.4) is 0 Å². The average Bonchev–Trinajstić information content (AvgIpc) is 2.52. The predicted molar refractivity (Wildman–Crippen MR) is 76.0 cm³/mol. The molecule has 5 nitrogen and oxygen atoms in total. The third-order valence-electron chi connectivity index (χ3n) is 3.49. The molecule has 5 heteroatoms. The maximum absolute atomic E-state index is 11.5. The molecule has 1 aliphatic rings. The first-order chi connectivity index (χ1) is 10.2. The third kappa shape index (κ3) is 1.98. The van der Waals surface area contributed by atoms with Gasteiger partial charge in [0.1, 0.15) is 17.2 Å². The zero-order chi connectivity index (χ0) is 15.0. The van der Waals surface area contributed by atoms with Crippen molar-refractivity contribution in [1.82, 2.24) is 0 Å². The molecule has 0 aliphatic carbocycles. The number of methoxy groups -OCH3 is 2. The minimum absolute atomic E-state index is 0.471. The molecule has 21 heavy (non-hydrogen) atoms. The molecule has 1 aliphatic heterocycles. The Morgan fingerprint density at radius 1 is 1.05 bits per heavy atom. The fraction of sp³-hybridized carbons (Fsp3) is 0.188. The highest BCUT2D eigenvalue weighted by atomic mass is 16.5. The standard InChI is InChI=1S/C16H14O5/c1-19-10-6-3-5-9-13(10)14-11(20-2)7-4-8-12(14)21-15(9)16(17)18/h3-8,15H,1-2H3,(H,17,18).